The second-order valence-electron chi connectivity index (χ2n) is 5.88. The summed E-state index contributed by atoms with van der Waals surface area (Å²) in [6, 6.07) is 0. The van der Waals surface area contributed by atoms with Crippen molar-refractivity contribution in [1.29, 1.82) is 0 Å². The van der Waals surface area contributed by atoms with Crippen LogP contribution in [-0.2, 0) is 6.54 Å². The zero-order valence-corrected chi connectivity index (χ0v) is 12.6. The first kappa shape index (κ1) is 14.3. The van der Waals surface area contributed by atoms with E-state index in [0.717, 1.165) is 43.1 Å². The molecule has 0 saturated carbocycles. The Balaban J connectivity index is 2.01. The van der Waals surface area contributed by atoms with Crippen molar-refractivity contribution in [1.82, 2.24) is 15.3 Å². The van der Waals surface area contributed by atoms with Gasteiger partial charge in [-0.05, 0) is 38.6 Å². The molecule has 1 fully saturated rings. The third-order valence-electron chi connectivity index (χ3n) is 4.20. The second-order valence-corrected chi connectivity index (χ2v) is 5.88. The molecule has 1 saturated heterocycles. The Morgan fingerprint density at radius 2 is 2.05 bits per heavy atom. The Morgan fingerprint density at radius 1 is 1.37 bits per heavy atom. The van der Waals surface area contributed by atoms with Gasteiger partial charge in [0.2, 0.25) is 5.95 Å². The largest absolute Gasteiger partial charge is 0.341 e. The van der Waals surface area contributed by atoms with Gasteiger partial charge in [0.15, 0.2) is 0 Å². The summed E-state index contributed by atoms with van der Waals surface area (Å²) in [6.45, 7) is 9.74. The van der Waals surface area contributed by atoms with Crippen LogP contribution >= 0.6 is 0 Å². The molecule has 0 bridgehead atoms. The fourth-order valence-electron chi connectivity index (χ4n) is 2.76. The van der Waals surface area contributed by atoms with Gasteiger partial charge >= 0.3 is 0 Å². The van der Waals surface area contributed by atoms with Gasteiger partial charge < -0.3 is 10.2 Å². The molecular weight excluding hydrogens is 236 g/mol. The predicted octanol–water partition coefficient (Wildman–Crippen LogP) is 2.38. The topological polar surface area (TPSA) is 41.1 Å². The third-order valence-corrected chi connectivity index (χ3v) is 4.20. The molecule has 0 spiro atoms. The SMILES string of the molecule is CNCc1cnc(N2CCC(C(C)C)CC2)nc1C. The number of rotatable bonds is 4. The molecule has 0 radical (unpaired) electrons. The highest BCUT2D eigenvalue weighted by Gasteiger charge is 2.23. The average Bonchev–Trinajstić information content (AvgIpc) is 2.41. The second kappa shape index (κ2) is 6.33. The fourth-order valence-corrected chi connectivity index (χ4v) is 2.76. The van der Waals surface area contributed by atoms with E-state index in [9.17, 15) is 0 Å². The number of hydrogen-bond donors (Lipinski definition) is 1. The molecule has 4 nitrogen and oxygen atoms in total. The predicted molar refractivity (Wildman–Crippen MR) is 79.3 cm³/mol. The molecule has 1 aromatic rings. The van der Waals surface area contributed by atoms with Gasteiger partial charge in [0.05, 0.1) is 0 Å². The van der Waals surface area contributed by atoms with Gasteiger partial charge in [-0.3, -0.25) is 0 Å². The number of piperidine rings is 1. The number of nitrogens with one attached hydrogen (secondary N) is 1. The minimum absolute atomic E-state index is 0.794. The first-order chi connectivity index (χ1) is 9.11. The van der Waals surface area contributed by atoms with Crippen molar-refractivity contribution in [2.45, 2.75) is 40.2 Å². The maximum Gasteiger partial charge on any atom is 0.225 e. The van der Waals surface area contributed by atoms with Crippen LogP contribution in [0.3, 0.4) is 0 Å². The van der Waals surface area contributed by atoms with Crippen molar-refractivity contribution in [3.63, 3.8) is 0 Å². The summed E-state index contributed by atoms with van der Waals surface area (Å²) < 4.78 is 0. The van der Waals surface area contributed by atoms with Gasteiger partial charge in [0.1, 0.15) is 0 Å². The van der Waals surface area contributed by atoms with Gasteiger partial charge in [-0.1, -0.05) is 13.8 Å². The summed E-state index contributed by atoms with van der Waals surface area (Å²) in [5.41, 5.74) is 2.27. The smallest absolute Gasteiger partial charge is 0.225 e. The average molecular weight is 262 g/mol. The Labute approximate surface area is 116 Å². The van der Waals surface area contributed by atoms with Gasteiger partial charge in [0, 0.05) is 37.1 Å². The van der Waals surface area contributed by atoms with E-state index in [1.54, 1.807) is 0 Å². The molecule has 1 aliphatic rings. The van der Waals surface area contributed by atoms with Crippen molar-refractivity contribution >= 4 is 5.95 Å². The highest BCUT2D eigenvalue weighted by atomic mass is 15.3. The first-order valence-corrected chi connectivity index (χ1v) is 7.34. The lowest BCUT2D eigenvalue weighted by molar-refractivity contribution is 0.310. The van der Waals surface area contributed by atoms with Crippen LogP contribution in [0.15, 0.2) is 6.20 Å². The maximum atomic E-state index is 4.66. The van der Waals surface area contributed by atoms with E-state index < -0.39 is 0 Å². The lowest BCUT2D eigenvalue weighted by Gasteiger charge is -2.34. The van der Waals surface area contributed by atoms with E-state index in [1.807, 2.05) is 13.2 Å². The van der Waals surface area contributed by atoms with E-state index in [4.69, 9.17) is 0 Å². The third kappa shape index (κ3) is 3.44. The minimum atomic E-state index is 0.794. The van der Waals surface area contributed by atoms with E-state index in [-0.39, 0.29) is 0 Å². The van der Waals surface area contributed by atoms with Crippen molar-refractivity contribution in [2.75, 3.05) is 25.0 Å². The minimum Gasteiger partial charge on any atom is -0.341 e. The first-order valence-electron chi connectivity index (χ1n) is 7.34. The molecular formula is C15H26N4. The molecule has 106 valence electrons. The van der Waals surface area contributed by atoms with Crippen LogP contribution in [-0.4, -0.2) is 30.1 Å². The zero-order chi connectivity index (χ0) is 13.8. The number of nitrogens with zero attached hydrogens (tertiary/aromatic N) is 3. The summed E-state index contributed by atoms with van der Waals surface area (Å²) in [7, 11) is 1.95. The Bertz CT molecular complexity index is 409. The van der Waals surface area contributed by atoms with Crippen LogP contribution in [0, 0.1) is 18.8 Å². The van der Waals surface area contributed by atoms with Crippen molar-refractivity contribution in [3.05, 3.63) is 17.5 Å². The van der Waals surface area contributed by atoms with Gasteiger partial charge in [-0.2, -0.15) is 0 Å². The summed E-state index contributed by atoms with van der Waals surface area (Å²) in [5, 5.41) is 3.15. The van der Waals surface area contributed by atoms with E-state index in [1.165, 1.54) is 18.4 Å². The Hall–Kier alpha value is -1.16. The summed E-state index contributed by atoms with van der Waals surface area (Å²) in [6.07, 6.45) is 4.49. The van der Waals surface area contributed by atoms with Crippen molar-refractivity contribution < 1.29 is 0 Å². The van der Waals surface area contributed by atoms with E-state index in [0.29, 0.717) is 0 Å². The maximum absolute atomic E-state index is 4.66. The van der Waals surface area contributed by atoms with Crippen molar-refractivity contribution in [2.24, 2.45) is 11.8 Å². The molecule has 0 atom stereocenters. The Kier molecular flexibility index (Phi) is 4.75. The lowest BCUT2D eigenvalue weighted by Crippen LogP contribution is -2.36. The number of anilines is 1. The number of aryl methyl sites for hydroxylation is 1. The number of aromatic nitrogens is 2. The molecule has 0 aliphatic carbocycles. The molecule has 1 aromatic heterocycles. The Morgan fingerprint density at radius 3 is 2.58 bits per heavy atom. The summed E-state index contributed by atoms with van der Waals surface area (Å²) >= 11 is 0. The van der Waals surface area contributed by atoms with Crippen LogP contribution < -0.4 is 10.2 Å². The van der Waals surface area contributed by atoms with Crippen molar-refractivity contribution in [3.8, 4) is 0 Å². The van der Waals surface area contributed by atoms with Gasteiger partial charge in [-0.15, -0.1) is 0 Å². The quantitative estimate of drug-likeness (QED) is 0.904. The summed E-state index contributed by atoms with van der Waals surface area (Å²) in [4.78, 5) is 11.5. The van der Waals surface area contributed by atoms with E-state index >= 15 is 0 Å². The molecule has 0 aromatic carbocycles. The zero-order valence-electron chi connectivity index (χ0n) is 12.6. The lowest BCUT2D eigenvalue weighted by atomic mass is 9.87. The van der Waals surface area contributed by atoms with E-state index in [2.05, 4.69) is 41.0 Å². The van der Waals surface area contributed by atoms with Crippen LogP contribution in [0.1, 0.15) is 37.9 Å². The monoisotopic (exact) mass is 262 g/mol. The fraction of sp³-hybridized carbons (Fsp3) is 0.733. The normalized spacial score (nSPS) is 17.2. The van der Waals surface area contributed by atoms with Gasteiger partial charge in [0.25, 0.3) is 0 Å². The highest BCUT2D eigenvalue weighted by Crippen LogP contribution is 2.26. The highest BCUT2D eigenvalue weighted by molar-refractivity contribution is 5.33. The van der Waals surface area contributed by atoms with Crippen LogP contribution in [0.4, 0.5) is 5.95 Å². The molecule has 4 heteroatoms. The van der Waals surface area contributed by atoms with Gasteiger partial charge in [-0.25, -0.2) is 9.97 Å². The number of hydrogen-bond acceptors (Lipinski definition) is 4. The molecule has 1 aliphatic heterocycles. The van der Waals surface area contributed by atoms with Crippen LogP contribution in [0.2, 0.25) is 0 Å². The molecule has 1 N–H and O–H groups in total. The standard InChI is InChI=1S/C15H26N4/c1-11(2)13-5-7-19(8-6-13)15-17-10-14(9-16-4)12(3)18-15/h10-11,13,16H,5-9H2,1-4H3. The molecule has 2 rings (SSSR count). The molecule has 0 unspecified atom stereocenters. The molecule has 0 amide bonds. The molecule has 19 heavy (non-hydrogen) atoms. The molecule has 2 heterocycles. The summed E-state index contributed by atoms with van der Waals surface area (Å²) in [5.74, 6) is 2.56. The van der Waals surface area contributed by atoms with Crippen LogP contribution in [0.5, 0.6) is 0 Å². The van der Waals surface area contributed by atoms with Crippen LogP contribution in [0.25, 0.3) is 0 Å².